The van der Waals surface area contributed by atoms with Crippen LogP contribution in [-0.4, -0.2) is 30.1 Å². The molecule has 2 aliphatic rings. The monoisotopic (exact) mass is 252 g/mol. The summed E-state index contributed by atoms with van der Waals surface area (Å²) in [4.78, 5) is 2.77. The molecule has 0 aromatic rings. The lowest BCUT2D eigenvalue weighted by atomic mass is 9.78. The van der Waals surface area contributed by atoms with Gasteiger partial charge in [-0.05, 0) is 50.0 Å². The molecule has 2 N–H and O–H groups in total. The molecule has 1 aliphatic heterocycles. The van der Waals surface area contributed by atoms with Gasteiger partial charge in [0.2, 0.25) is 0 Å². The molecule has 0 bridgehead atoms. The normalized spacial score (nSPS) is 36.2. The number of likely N-dealkylation sites (tertiary alicyclic amines) is 1. The SMILES string of the molecule is CC1CCC(C(CN)N2CCCC2C(C)C)CC1. The van der Waals surface area contributed by atoms with Crippen LogP contribution in [0, 0.1) is 17.8 Å². The van der Waals surface area contributed by atoms with Gasteiger partial charge in [0.25, 0.3) is 0 Å². The molecule has 0 aromatic heterocycles. The molecule has 18 heavy (non-hydrogen) atoms. The van der Waals surface area contributed by atoms with Crippen molar-refractivity contribution in [3.8, 4) is 0 Å². The van der Waals surface area contributed by atoms with Crippen molar-refractivity contribution in [3.63, 3.8) is 0 Å². The van der Waals surface area contributed by atoms with Crippen LogP contribution in [0.15, 0.2) is 0 Å². The molecule has 1 heterocycles. The molecule has 2 nitrogen and oxygen atoms in total. The zero-order valence-electron chi connectivity index (χ0n) is 12.6. The quantitative estimate of drug-likeness (QED) is 0.832. The van der Waals surface area contributed by atoms with Gasteiger partial charge in [-0.2, -0.15) is 0 Å². The average Bonchev–Trinajstić information content (AvgIpc) is 2.82. The summed E-state index contributed by atoms with van der Waals surface area (Å²) in [6.45, 7) is 9.30. The zero-order valence-corrected chi connectivity index (χ0v) is 12.6. The van der Waals surface area contributed by atoms with Gasteiger partial charge in [0, 0.05) is 18.6 Å². The predicted molar refractivity (Wildman–Crippen MR) is 78.5 cm³/mol. The topological polar surface area (TPSA) is 29.3 Å². The van der Waals surface area contributed by atoms with E-state index in [2.05, 4.69) is 25.7 Å². The van der Waals surface area contributed by atoms with Gasteiger partial charge in [0.15, 0.2) is 0 Å². The Hall–Kier alpha value is -0.0800. The first kappa shape index (κ1) is 14.3. The maximum Gasteiger partial charge on any atom is 0.0249 e. The van der Waals surface area contributed by atoms with Crippen LogP contribution in [0.25, 0.3) is 0 Å². The Kier molecular flexibility index (Phi) is 5.08. The molecular formula is C16H32N2. The standard InChI is InChI=1S/C16H32N2/c1-12(2)15-5-4-10-18(15)16(11-17)14-8-6-13(3)7-9-14/h12-16H,4-11,17H2,1-3H3. The van der Waals surface area contributed by atoms with E-state index >= 15 is 0 Å². The second-order valence-corrected chi connectivity index (χ2v) is 7.01. The van der Waals surface area contributed by atoms with Crippen LogP contribution in [0.4, 0.5) is 0 Å². The minimum Gasteiger partial charge on any atom is -0.329 e. The van der Waals surface area contributed by atoms with Crippen molar-refractivity contribution in [1.82, 2.24) is 4.90 Å². The molecule has 2 atom stereocenters. The fraction of sp³-hybridized carbons (Fsp3) is 1.00. The molecule has 106 valence electrons. The number of hydrogen-bond donors (Lipinski definition) is 1. The molecule has 2 fully saturated rings. The van der Waals surface area contributed by atoms with Crippen molar-refractivity contribution in [2.45, 2.75) is 71.4 Å². The van der Waals surface area contributed by atoms with Gasteiger partial charge >= 0.3 is 0 Å². The molecule has 0 radical (unpaired) electrons. The van der Waals surface area contributed by atoms with E-state index in [0.29, 0.717) is 6.04 Å². The Morgan fingerprint density at radius 1 is 1.11 bits per heavy atom. The van der Waals surface area contributed by atoms with E-state index in [9.17, 15) is 0 Å². The molecule has 0 amide bonds. The first-order valence-corrected chi connectivity index (χ1v) is 8.09. The molecule has 1 saturated heterocycles. The van der Waals surface area contributed by atoms with Crippen LogP contribution < -0.4 is 5.73 Å². The van der Waals surface area contributed by atoms with E-state index in [4.69, 9.17) is 5.73 Å². The third-order valence-electron chi connectivity index (χ3n) is 5.38. The Bertz CT molecular complexity index is 243. The third-order valence-corrected chi connectivity index (χ3v) is 5.38. The van der Waals surface area contributed by atoms with Gasteiger partial charge in [-0.25, -0.2) is 0 Å². The predicted octanol–water partition coefficient (Wildman–Crippen LogP) is 3.26. The highest BCUT2D eigenvalue weighted by Gasteiger charge is 2.36. The van der Waals surface area contributed by atoms with Gasteiger partial charge < -0.3 is 5.73 Å². The summed E-state index contributed by atoms with van der Waals surface area (Å²) in [5.74, 6) is 2.59. The molecule has 0 aromatic carbocycles. The fourth-order valence-corrected chi connectivity index (χ4v) is 4.21. The van der Waals surface area contributed by atoms with Crippen molar-refractivity contribution >= 4 is 0 Å². The summed E-state index contributed by atoms with van der Waals surface area (Å²) >= 11 is 0. The Morgan fingerprint density at radius 3 is 2.33 bits per heavy atom. The van der Waals surface area contributed by atoms with Crippen molar-refractivity contribution < 1.29 is 0 Å². The van der Waals surface area contributed by atoms with E-state index in [0.717, 1.165) is 30.3 Å². The minimum atomic E-state index is 0.660. The van der Waals surface area contributed by atoms with Crippen LogP contribution >= 0.6 is 0 Å². The van der Waals surface area contributed by atoms with Crippen molar-refractivity contribution in [2.24, 2.45) is 23.5 Å². The Labute approximate surface area is 113 Å². The highest BCUT2D eigenvalue weighted by molar-refractivity contribution is 4.91. The van der Waals surface area contributed by atoms with E-state index in [1.165, 1.54) is 45.1 Å². The van der Waals surface area contributed by atoms with Crippen LogP contribution in [0.1, 0.15) is 59.3 Å². The van der Waals surface area contributed by atoms with Crippen LogP contribution in [0.3, 0.4) is 0 Å². The highest BCUT2D eigenvalue weighted by atomic mass is 15.2. The average molecular weight is 252 g/mol. The second-order valence-electron chi connectivity index (χ2n) is 7.01. The smallest absolute Gasteiger partial charge is 0.0249 e. The number of nitrogens with zero attached hydrogens (tertiary/aromatic N) is 1. The fourth-order valence-electron chi connectivity index (χ4n) is 4.21. The van der Waals surface area contributed by atoms with Gasteiger partial charge in [-0.1, -0.05) is 33.6 Å². The first-order valence-electron chi connectivity index (χ1n) is 8.09. The van der Waals surface area contributed by atoms with Crippen LogP contribution in [0.5, 0.6) is 0 Å². The van der Waals surface area contributed by atoms with Gasteiger partial charge in [0.05, 0.1) is 0 Å². The molecular weight excluding hydrogens is 220 g/mol. The molecule has 1 saturated carbocycles. The number of rotatable bonds is 4. The third kappa shape index (κ3) is 3.08. The summed E-state index contributed by atoms with van der Waals surface area (Å²) in [5.41, 5.74) is 6.14. The first-order chi connectivity index (χ1) is 8.63. The van der Waals surface area contributed by atoms with E-state index in [1.807, 2.05) is 0 Å². The van der Waals surface area contributed by atoms with Crippen molar-refractivity contribution in [2.75, 3.05) is 13.1 Å². The highest BCUT2D eigenvalue weighted by Crippen LogP contribution is 2.35. The number of nitrogens with two attached hydrogens (primary N) is 1. The summed E-state index contributed by atoms with van der Waals surface area (Å²) < 4.78 is 0. The maximum atomic E-state index is 6.14. The van der Waals surface area contributed by atoms with E-state index < -0.39 is 0 Å². The largest absolute Gasteiger partial charge is 0.329 e. The van der Waals surface area contributed by atoms with E-state index in [-0.39, 0.29) is 0 Å². The lowest BCUT2D eigenvalue weighted by Gasteiger charge is -2.41. The zero-order chi connectivity index (χ0) is 13.1. The van der Waals surface area contributed by atoms with Crippen LogP contribution in [-0.2, 0) is 0 Å². The Balaban J connectivity index is 1.99. The number of hydrogen-bond acceptors (Lipinski definition) is 2. The molecule has 1 aliphatic carbocycles. The molecule has 2 unspecified atom stereocenters. The minimum absolute atomic E-state index is 0.660. The summed E-state index contributed by atoms with van der Waals surface area (Å²) in [6, 6.07) is 1.45. The lowest BCUT2D eigenvalue weighted by Crippen LogP contribution is -2.50. The maximum absolute atomic E-state index is 6.14. The summed E-state index contributed by atoms with van der Waals surface area (Å²) in [7, 11) is 0. The second kappa shape index (κ2) is 6.38. The van der Waals surface area contributed by atoms with Gasteiger partial charge in [0.1, 0.15) is 0 Å². The molecule has 2 heteroatoms. The summed E-state index contributed by atoms with van der Waals surface area (Å²) in [5, 5.41) is 0. The lowest BCUT2D eigenvalue weighted by molar-refractivity contribution is 0.0829. The summed E-state index contributed by atoms with van der Waals surface area (Å²) in [6.07, 6.45) is 8.41. The van der Waals surface area contributed by atoms with Crippen LogP contribution in [0.2, 0.25) is 0 Å². The van der Waals surface area contributed by atoms with Gasteiger partial charge in [-0.3, -0.25) is 4.90 Å². The van der Waals surface area contributed by atoms with Crippen molar-refractivity contribution in [3.05, 3.63) is 0 Å². The molecule has 0 spiro atoms. The van der Waals surface area contributed by atoms with E-state index in [1.54, 1.807) is 0 Å². The molecule has 2 rings (SSSR count). The van der Waals surface area contributed by atoms with Gasteiger partial charge in [-0.15, -0.1) is 0 Å². The Morgan fingerprint density at radius 2 is 1.78 bits per heavy atom. The van der Waals surface area contributed by atoms with Crippen molar-refractivity contribution in [1.29, 1.82) is 0 Å².